The van der Waals surface area contributed by atoms with Crippen molar-refractivity contribution in [3.63, 3.8) is 0 Å². The van der Waals surface area contributed by atoms with Crippen LogP contribution in [0.4, 0.5) is 0 Å². The Morgan fingerprint density at radius 1 is 1.10 bits per heavy atom. The molecule has 0 saturated carbocycles. The van der Waals surface area contributed by atoms with Gasteiger partial charge in [0.15, 0.2) is 0 Å². The molecule has 0 spiro atoms. The van der Waals surface area contributed by atoms with Crippen molar-refractivity contribution in [3.8, 4) is 0 Å². The number of aromatic nitrogens is 2. The molecule has 156 valence electrons. The number of hydrogen-bond donors (Lipinski definition) is 2. The first-order valence-corrected chi connectivity index (χ1v) is 10.9. The number of carbonyl (C=O) groups excluding carboxylic acids is 1. The lowest BCUT2D eigenvalue weighted by Crippen LogP contribution is -2.48. The molecule has 4 heterocycles. The zero-order valence-electron chi connectivity index (χ0n) is 17.1. The Balaban J connectivity index is 1.11. The molecule has 6 nitrogen and oxygen atoms in total. The second-order valence-corrected chi connectivity index (χ2v) is 8.67. The van der Waals surface area contributed by atoms with E-state index in [1.165, 1.54) is 16.6 Å². The van der Waals surface area contributed by atoms with Crippen molar-refractivity contribution in [2.75, 3.05) is 26.2 Å². The van der Waals surface area contributed by atoms with Gasteiger partial charge in [-0.3, -0.25) is 9.59 Å². The largest absolute Gasteiger partial charge is 0.361 e. The number of aromatic amines is 1. The third-order valence-electron chi connectivity index (χ3n) is 6.60. The number of para-hydroxylation sites is 1. The number of benzene rings is 1. The lowest BCUT2D eigenvalue weighted by molar-refractivity contribution is -0.121. The Bertz CT molecular complexity index is 1120. The number of pyridine rings is 1. The lowest BCUT2D eigenvalue weighted by Gasteiger charge is -2.42. The summed E-state index contributed by atoms with van der Waals surface area (Å²) in [5.41, 5.74) is 3.61. The summed E-state index contributed by atoms with van der Waals surface area (Å²) >= 11 is 0. The van der Waals surface area contributed by atoms with Crippen LogP contribution < -0.4 is 10.9 Å². The Morgan fingerprint density at radius 3 is 2.93 bits per heavy atom. The van der Waals surface area contributed by atoms with Crippen LogP contribution in [0.5, 0.6) is 0 Å². The fraction of sp³-hybridized carbons (Fsp3) is 0.417. The minimum atomic E-state index is 0.106. The van der Waals surface area contributed by atoms with E-state index >= 15 is 0 Å². The predicted octanol–water partition coefficient (Wildman–Crippen LogP) is 2.50. The van der Waals surface area contributed by atoms with Crippen molar-refractivity contribution < 1.29 is 4.79 Å². The molecule has 0 radical (unpaired) electrons. The first kappa shape index (κ1) is 19.1. The number of piperidine rings is 1. The number of amides is 1. The van der Waals surface area contributed by atoms with Gasteiger partial charge in [0.25, 0.3) is 5.56 Å². The number of likely N-dealkylation sites (tertiary alicyclic amines) is 1. The number of H-pyrrole nitrogens is 1. The number of aryl methyl sites for hydroxylation is 1. The number of nitrogens with zero attached hydrogens (tertiary/aromatic N) is 2. The summed E-state index contributed by atoms with van der Waals surface area (Å²) in [6, 6.07) is 13.8. The van der Waals surface area contributed by atoms with Crippen molar-refractivity contribution >= 4 is 16.8 Å². The Morgan fingerprint density at radius 2 is 2.00 bits per heavy atom. The van der Waals surface area contributed by atoms with E-state index in [2.05, 4.69) is 33.4 Å². The molecule has 3 aromatic rings. The van der Waals surface area contributed by atoms with Crippen LogP contribution in [0.3, 0.4) is 0 Å². The fourth-order valence-electron chi connectivity index (χ4n) is 5.21. The van der Waals surface area contributed by atoms with Crippen LogP contribution in [-0.2, 0) is 17.8 Å². The molecule has 2 aliphatic heterocycles. The van der Waals surface area contributed by atoms with Crippen molar-refractivity contribution in [1.82, 2.24) is 19.8 Å². The van der Waals surface area contributed by atoms with Crippen molar-refractivity contribution in [3.05, 3.63) is 70.3 Å². The number of hydrogen-bond acceptors (Lipinski definition) is 3. The summed E-state index contributed by atoms with van der Waals surface area (Å²) < 4.78 is 1.96. The molecular formula is C24H28N4O2. The quantitative estimate of drug-likeness (QED) is 0.663. The van der Waals surface area contributed by atoms with Gasteiger partial charge < -0.3 is 19.8 Å². The molecule has 1 saturated heterocycles. The smallest absolute Gasteiger partial charge is 0.250 e. The molecular weight excluding hydrogens is 376 g/mol. The normalized spacial score (nSPS) is 20.8. The summed E-state index contributed by atoms with van der Waals surface area (Å²) in [4.78, 5) is 30.2. The van der Waals surface area contributed by atoms with Gasteiger partial charge in [0.2, 0.25) is 5.91 Å². The van der Waals surface area contributed by atoms with E-state index < -0.39 is 0 Å². The van der Waals surface area contributed by atoms with E-state index in [4.69, 9.17) is 0 Å². The lowest BCUT2D eigenvalue weighted by atomic mass is 9.83. The van der Waals surface area contributed by atoms with Gasteiger partial charge in [-0.15, -0.1) is 0 Å². The number of rotatable bonds is 6. The maximum Gasteiger partial charge on any atom is 0.250 e. The van der Waals surface area contributed by atoms with Gasteiger partial charge >= 0.3 is 0 Å². The van der Waals surface area contributed by atoms with Gasteiger partial charge in [-0.25, -0.2) is 0 Å². The van der Waals surface area contributed by atoms with Crippen molar-refractivity contribution in [1.29, 1.82) is 0 Å². The number of carbonyl (C=O) groups is 1. The summed E-state index contributed by atoms with van der Waals surface area (Å²) in [6.07, 6.45) is 4.42. The molecule has 30 heavy (non-hydrogen) atoms. The van der Waals surface area contributed by atoms with Crippen LogP contribution in [0.1, 0.15) is 30.0 Å². The highest BCUT2D eigenvalue weighted by atomic mass is 16.1. The number of nitrogens with one attached hydrogen (secondary N) is 2. The fourth-order valence-corrected chi connectivity index (χ4v) is 5.21. The zero-order valence-corrected chi connectivity index (χ0v) is 17.1. The minimum Gasteiger partial charge on any atom is -0.361 e. The molecule has 1 amide bonds. The Kier molecular flexibility index (Phi) is 5.17. The molecule has 0 aliphatic carbocycles. The molecule has 1 fully saturated rings. The van der Waals surface area contributed by atoms with Crippen LogP contribution in [0.25, 0.3) is 10.9 Å². The molecule has 6 heteroatoms. The summed E-state index contributed by atoms with van der Waals surface area (Å²) in [5.74, 6) is 1.05. The predicted molar refractivity (Wildman–Crippen MR) is 118 cm³/mol. The maximum absolute atomic E-state index is 12.3. The van der Waals surface area contributed by atoms with Crippen LogP contribution in [0, 0.1) is 5.92 Å². The first-order chi connectivity index (χ1) is 14.7. The second-order valence-electron chi connectivity index (χ2n) is 8.67. The molecule has 2 aromatic heterocycles. The summed E-state index contributed by atoms with van der Waals surface area (Å²) in [5, 5.41) is 4.29. The van der Waals surface area contributed by atoms with E-state index in [9.17, 15) is 9.59 Å². The highest BCUT2D eigenvalue weighted by Gasteiger charge is 2.34. The van der Waals surface area contributed by atoms with E-state index in [1.807, 2.05) is 29.0 Å². The van der Waals surface area contributed by atoms with Crippen molar-refractivity contribution in [2.24, 2.45) is 5.92 Å². The van der Waals surface area contributed by atoms with Gasteiger partial charge in [0.05, 0.1) is 0 Å². The molecule has 5 rings (SSSR count). The van der Waals surface area contributed by atoms with Crippen LogP contribution in [0.2, 0.25) is 0 Å². The van der Waals surface area contributed by atoms with Gasteiger partial charge in [0, 0.05) is 73.9 Å². The van der Waals surface area contributed by atoms with Crippen LogP contribution >= 0.6 is 0 Å². The third-order valence-corrected chi connectivity index (χ3v) is 6.60. The standard InChI is InChI=1S/C24H28N4O2/c29-23(9-8-18-13-26-21-5-2-1-4-20(18)21)25-10-11-27-14-17-12-19(16-27)22-6-3-7-24(30)28(22)15-17/h1-7,13,17,19,26H,8-12,14-16H2,(H,25,29)/t17-,19+/m1/s1. The highest BCUT2D eigenvalue weighted by Crippen LogP contribution is 2.34. The third kappa shape index (κ3) is 3.79. The second kappa shape index (κ2) is 8.11. The summed E-state index contributed by atoms with van der Waals surface area (Å²) in [6.45, 7) is 4.32. The maximum atomic E-state index is 12.3. The van der Waals surface area contributed by atoms with Gasteiger partial charge in [0.1, 0.15) is 0 Å². The Hall–Kier alpha value is -2.86. The van der Waals surface area contributed by atoms with E-state index in [1.54, 1.807) is 6.07 Å². The topological polar surface area (TPSA) is 70.1 Å². The molecule has 2 bridgehead atoms. The summed E-state index contributed by atoms with van der Waals surface area (Å²) in [7, 11) is 0. The van der Waals surface area contributed by atoms with Crippen LogP contribution in [-0.4, -0.2) is 46.5 Å². The average Bonchev–Trinajstić information content (AvgIpc) is 3.16. The molecule has 1 aromatic carbocycles. The zero-order chi connectivity index (χ0) is 20.5. The van der Waals surface area contributed by atoms with E-state index in [0.29, 0.717) is 24.8 Å². The average molecular weight is 405 g/mol. The van der Waals surface area contributed by atoms with Gasteiger partial charge in [-0.05, 0) is 36.5 Å². The SMILES string of the molecule is O=C(CCc1c[nH]c2ccccc12)NCCN1C[C@H]2C[C@@H](C1)c1cccc(=O)n1C2. The van der Waals surface area contributed by atoms with E-state index in [-0.39, 0.29) is 11.5 Å². The minimum absolute atomic E-state index is 0.106. The molecule has 2 N–H and O–H groups in total. The number of fused-ring (bicyclic) bond motifs is 5. The highest BCUT2D eigenvalue weighted by molar-refractivity contribution is 5.84. The molecule has 0 unspecified atom stereocenters. The molecule has 2 atom stereocenters. The van der Waals surface area contributed by atoms with Crippen molar-refractivity contribution in [2.45, 2.75) is 31.7 Å². The van der Waals surface area contributed by atoms with Gasteiger partial charge in [-0.1, -0.05) is 24.3 Å². The monoisotopic (exact) mass is 404 g/mol. The van der Waals surface area contributed by atoms with Gasteiger partial charge in [-0.2, -0.15) is 0 Å². The molecule has 2 aliphatic rings. The Labute approximate surface area is 175 Å². The first-order valence-electron chi connectivity index (χ1n) is 10.9. The van der Waals surface area contributed by atoms with E-state index in [0.717, 1.165) is 44.5 Å². The van der Waals surface area contributed by atoms with Crippen LogP contribution in [0.15, 0.2) is 53.5 Å².